The third-order valence-corrected chi connectivity index (χ3v) is 2.60. The quantitative estimate of drug-likeness (QED) is 0.778. The van der Waals surface area contributed by atoms with Crippen molar-refractivity contribution in [3.05, 3.63) is 53.6 Å². The van der Waals surface area contributed by atoms with E-state index in [2.05, 4.69) is 0 Å². The number of benzene rings is 1. The van der Waals surface area contributed by atoms with E-state index in [0.717, 1.165) is 5.56 Å². The van der Waals surface area contributed by atoms with Crippen LogP contribution < -0.4 is 4.74 Å². The van der Waals surface area contributed by atoms with Crippen molar-refractivity contribution in [2.24, 2.45) is 7.05 Å². The first-order valence-corrected chi connectivity index (χ1v) is 5.60. The molecule has 0 atom stereocenters. The van der Waals surface area contributed by atoms with Gasteiger partial charge < -0.3 is 9.30 Å². The van der Waals surface area contributed by atoms with Crippen LogP contribution in [0.4, 0.5) is 4.39 Å². The molecule has 0 amide bonds. The summed E-state index contributed by atoms with van der Waals surface area (Å²) >= 11 is 0. The van der Waals surface area contributed by atoms with Crippen molar-refractivity contribution in [1.82, 2.24) is 4.57 Å². The SMILES string of the molecule is Cc1ccc(F)c(OCC(=O)c2ccn(C)c2)c1. The monoisotopic (exact) mass is 247 g/mol. The Morgan fingerprint density at radius 2 is 2.17 bits per heavy atom. The Hall–Kier alpha value is -2.10. The molecule has 18 heavy (non-hydrogen) atoms. The molecule has 2 rings (SSSR count). The maximum absolute atomic E-state index is 13.4. The number of rotatable bonds is 4. The van der Waals surface area contributed by atoms with E-state index in [0.29, 0.717) is 5.56 Å². The van der Waals surface area contributed by atoms with Gasteiger partial charge in [0.05, 0.1) is 0 Å². The molecule has 0 fully saturated rings. The van der Waals surface area contributed by atoms with Gasteiger partial charge in [0.25, 0.3) is 0 Å². The number of hydrogen-bond acceptors (Lipinski definition) is 2. The molecule has 0 unspecified atom stereocenters. The average molecular weight is 247 g/mol. The maximum Gasteiger partial charge on any atom is 0.201 e. The summed E-state index contributed by atoms with van der Waals surface area (Å²) in [5, 5.41) is 0. The molecule has 2 aromatic rings. The number of ether oxygens (including phenoxy) is 1. The van der Waals surface area contributed by atoms with Crippen molar-refractivity contribution in [2.45, 2.75) is 6.92 Å². The van der Waals surface area contributed by atoms with Crippen molar-refractivity contribution in [3.63, 3.8) is 0 Å². The summed E-state index contributed by atoms with van der Waals surface area (Å²) in [5.41, 5.74) is 1.45. The highest BCUT2D eigenvalue weighted by molar-refractivity contribution is 5.97. The van der Waals surface area contributed by atoms with E-state index in [4.69, 9.17) is 4.74 Å². The zero-order valence-corrected chi connectivity index (χ0v) is 10.3. The van der Waals surface area contributed by atoms with Crippen LogP contribution in [-0.2, 0) is 7.05 Å². The minimum Gasteiger partial charge on any atom is -0.482 e. The fourth-order valence-electron chi connectivity index (χ4n) is 1.62. The number of nitrogens with zero attached hydrogens (tertiary/aromatic N) is 1. The lowest BCUT2D eigenvalue weighted by Gasteiger charge is -2.06. The molecule has 4 heteroatoms. The molecule has 0 bridgehead atoms. The number of Topliss-reactive ketones (excluding diaryl/α,β-unsaturated/α-hetero) is 1. The fraction of sp³-hybridized carbons (Fsp3) is 0.214. The molecule has 0 spiro atoms. The molecular weight excluding hydrogens is 233 g/mol. The average Bonchev–Trinajstić information content (AvgIpc) is 2.77. The molecule has 0 N–H and O–H groups in total. The molecule has 1 aromatic carbocycles. The molecule has 0 aliphatic heterocycles. The van der Waals surface area contributed by atoms with E-state index >= 15 is 0 Å². The first-order valence-electron chi connectivity index (χ1n) is 5.60. The van der Waals surface area contributed by atoms with E-state index in [1.54, 1.807) is 35.2 Å². The Balaban J connectivity index is 2.03. The van der Waals surface area contributed by atoms with Crippen molar-refractivity contribution < 1.29 is 13.9 Å². The van der Waals surface area contributed by atoms with Gasteiger partial charge in [-0.2, -0.15) is 0 Å². The molecular formula is C14H14FNO2. The Morgan fingerprint density at radius 1 is 1.39 bits per heavy atom. The molecule has 0 aliphatic rings. The molecule has 0 saturated carbocycles. The van der Waals surface area contributed by atoms with Crippen LogP contribution in [0.1, 0.15) is 15.9 Å². The number of aryl methyl sites for hydroxylation is 2. The Kier molecular flexibility index (Phi) is 3.46. The molecule has 1 heterocycles. The van der Waals surface area contributed by atoms with E-state index in [9.17, 15) is 9.18 Å². The van der Waals surface area contributed by atoms with Crippen molar-refractivity contribution in [2.75, 3.05) is 6.61 Å². The third kappa shape index (κ3) is 2.77. The zero-order valence-electron chi connectivity index (χ0n) is 10.3. The molecule has 0 aliphatic carbocycles. The van der Waals surface area contributed by atoms with Gasteiger partial charge in [-0.3, -0.25) is 4.79 Å². The minimum atomic E-state index is -0.457. The van der Waals surface area contributed by atoms with Gasteiger partial charge >= 0.3 is 0 Å². The van der Waals surface area contributed by atoms with Crippen LogP contribution in [0.15, 0.2) is 36.7 Å². The Morgan fingerprint density at radius 3 is 2.83 bits per heavy atom. The second-order valence-corrected chi connectivity index (χ2v) is 4.21. The fourth-order valence-corrected chi connectivity index (χ4v) is 1.62. The first-order chi connectivity index (χ1) is 8.56. The van der Waals surface area contributed by atoms with Gasteiger partial charge in [0.15, 0.2) is 18.2 Å². The summed E-state index contributed by atoms with van der Waals surface area (Å²) in [7, 11) is 1.83. The Bertz CT molecular complexity index is 575. The number of ketones is 1. The molecule has 1 aromatic heterocycles. The van der Waals surface area contributed by atoms with Crippen LogP contribution >= 0.6 is 0 Å². The van der Waals surface area contributed by atoms with Gasteiger partial charge in [0.2, 0.25) is 5.78 Å². The second-order valence-electron chi connectivity index (χ2n) is 4.21. The van der Waals surface area contributed by atoms with Gasteiger partial charge in [0.1, 0.15) is 0 Å². The van der Waals surface area contributed by atoms with Crippen molar-refractivity contribution in [3.8, 4) is 5.75 Å². The predicted octanol–water partition coefficient (Wildman–Crippen LogP) is 2.73. The van der Waals surface area contributed by atoms with Crippen LogP contribution in [-0.4, -0.2) is 17.0 Å². The van der Waals surface area contributed by atoms with E-state index < -0.39 is 5.82 Å². The number of carbonyl (C=O) groups excluding carboxylic acids is 1. The van der Waals surface area contributed by atoms with Crippen molar-refractivity contribution >= 4 is 5.78 Å². The molecule has 0 saturated heterocycles. The topological polar surface area (TPSA) is 31.2 Å². The summed E-state index contributed by atoms with van der Waals surface area (Å²) < 4.78 is 20.4. The van der Waals surface area contributed by atoms with Crippen LogP contribution in [0, 0.1) is 12.7 Å². The number of hydrogen-bond donors (Lipinski definition) is 0. The van der Waals surface area contributed by atoms with Crippen LogP contribution in [0.2, 0.25) is 0 Å². The summed E-state index contributed by atoms with van der Waals surface area (Å²) in [6.07, 6.45) is 3.48. The summed E-state index contributed by atoms with van der Waals surface area (Å²) in [4.78, 5) is 11.8. The van der Waals surface area contributed by atoms with Crippen LogP contribution in [0.5, 0.6) is 5.75 Å². The highest BCUT2D eigenvalue weighted by Gasteiger charge is 2.10. The Labute approximate surface area is 105 Å². The normalized spacial score (nSPS) is 10.4. The molecule has 0 radical (unpaired) electrons. The van der Waals surface area contributed by atoms with Gasteiger partial charge in [-0.25, -0.2) is 4.39 Å². The zero-order chi connectivity index (χ0) is 13.1. The molecule has 3 nitrogen and oxygen atoms in total. The number of carbonyl (C=O) groups is 1. The smallest absolute Gasteiger partial charge is 0.201 e. The highest BCUT2D eigenvalue weighted by Crippen LogP contribution is 2.18. The largest absolute Gasteiger partial charge is 0.482 e. The van der Waals surface area contributed by atoms with Gasteiger partial charge in [-0.05, 0) is 30.7 Å². The second kappa shape index (κ2) is 5.04. The summed E-state index contributed by atoms with van der Waals surface area (Å²) in [5.74, 6) is -0.516. The van der Waals surface area contributed by atoms with Crippen LogP contribution in [0.3, 0.4) is 0 Å². The summed E-state index contributed by atoms with van der Waals surface area (Å²) in [6.45, 7) is 1.68. The maximum atomic E-state index is 13.4. The predicted molar refractivity (Wildman–Crippen MR) is 66.4 cm³/mol. The van der Waals surface area contributed by atoms with Gasteiger partial charge in [-0.1, -0.05) is 6.07 Å². The van der Waals surface area contributed by atoms with E-state index in [-0.39, 0.29) is 18.1 Å². The van der Waals surface area contributed by atoms with E-state index in [1.807, 2.05) is 14.0 Å². The number of halogens is 1. The standard InChI is InChI=1S/C14H14FNO2/c1-10-3-4-12(15)14(7-10)18-9-13(17)11-5-6-16(2)8-11/h3-8H,9H2,1-2H3. The van der Waals surface area contributed by atoms with Crippen molar-refractivity contribution in [1.29, 1.82) is 0 Å². The third-order valence-electron chi connectivity index (χ3n) is 2.60. The lowest BCUT2D eigenvalue weighted by molar-refractivity contribution is 0.0918. The first kappa shape index (κ1) is 12.4. The van der Waals surface area contributed by atoms with Crippen LogP contribution in [0.25, 0.3) is 0 Å². The lowest BCUT2D eigenvalue weighted by atomic mass is 10.2. The van der Waals surface area contributed by atoms with Gasteiger partial charge in [0, 0.05) is 25.0 Å². The van der Waals surface area contributed by atoms with E-state index in [1.165, 1.54) is 6.07 Å². The lowest BCUT2D eigenvalue weighted by Crippen LogP contribution is -2.11. The molecule has 94 valence electrons. The van der Waals surface area contributed by atoms with Gasteiger partial charge in [-0.15, -0.1) is 0 Å². The number of aromatic nitrogens is 1. The highest BCUT2D eigenvalue weighted by atomic mass is 19.1. The minimum absolute atomic E-state index is 0.110. The summed E-state index contributed by atoms with van der Waals surface area (Å²) in [6, 6.07) is 6.27.